The van der Waals surface area contributed by atoms with Crippen LogP contribution in [0, 0.1) is 0 Å². The van der Waals surface area contributed by atoms with Crippen molar-refractivity contribution >= 4 is 51.7 Å². The van der Waals surface area contributed by atoms with Gasteiger partial charge in [-0.2, -0.15) is 0 Å². The first kappa shape index (κ1) is 16.4. The largest absolute Gasteiger partial charge is 0.477 e. The van der Waals surface area contributed by atoms with Crippen LogP contribution in [-0.4, -0.2) is 22.0 Å². The number of para-hydroxylation sites is 1. The van der Waals surface area contributed by atoms with E-state index in [1.165, 1.54) is 6.07 Å². The molecule has 0 aliphatic heterocycles. The number of carboxylic acids is 1. The number of carbonyl (C=O) groups is 2. The first-order valence-electron chi connectivity index (χ1n) is 7.03. The Morgan fingerprint density at radius 2 is 1.83 bits per heavy atom. The molecule has 0 bridgehead atoms. The Labute approximate surface area is 147 Å². The van der Waals surface area contributed by atoms with Crippen LogP contribution < -0.4 is 5.32 Å². The number of fused-ring (bicyclic) bond motifs is 1. The predicted octanol–water partition coefficient (Wildman–Crippen LogP) is 4.35. The van der Waals surface area contributed by atoms with E-state index in [0.29, 0.717) is 32.2 Å². The minimum absolute atomic E-state index is 0.0143. The van der Waals surface area contributed by atoms with Gasteiger partial charge in [0.2, 0.25) is 5.91 Å². The third kappa shape index (κ3) is 3.22. The Hall–Kier alpha value is -2.50. The van der Waals surface area contributed by atoms with Crippen LogP contribution in [0.1, 0.15) is 16.1 Å². The van der Waals surface area contributed by atoms with Crippen molar-refractivity contribution in [2.45, 2.75) is 6.42 Å². The number of aromatic amines is 1. The lowest BCUT2D eigenvalue weighted by Crippen LogP contribution is -2.16. The van der Waals surface area contributed by atoms with Gasteiger partial charge in [-0.25, -0.2) is 4.79 Å². The number of rotatable bonds is 4. The van der Waals surface area contributed by atoms with Crippen molar-refractivity contribution < 1.29 is 14.7 Å². The van der Waals surface area contributed by atoms with Crippen LogP contribution in [-0.2, 0) is 11.2 Å². The molecule has 5 nitrogen and oxygen atoms in total. The van der Waals surface area contributed by atoms with Gasteiger partial charge < -0.3 is 15.4 Å². The smallest absolute Gasteiger partial charge is 0.352 e. The van der Waals surface area contributed by atoms with Crippen LogP contribution >= 0.6 is 23.2 Å². The van der Waals surface area contributed by atoms with Crippen molar-refractivity contribution in [2.24, 2.45) is 0 Å². The number of aromatic nitrogens is 1. The number of aromatic carboxylic acids is 1. The SMILES string of the molecule is O=C(Cc1c(C(=O)O)[nH]c2ccccc12)Nc1ccc(Cl)c(Cl)c1. The molecule has 0 saturated heterocycles. The van der Waals surface area contributed by atoms with Gasteiger partial charge in [0.1, 0.15) is 5.69 Å². The summed E-state index contributed by atoms with van der Waals surface area (Å²) in [7, 11) is 0. The molecular weight excluding hydrogens is 351 g/mol. The highest BCUT2D eigenvalue weighted by Crippen LogP contribution is 2.26. The molecule has 3 N–H and O–H groups in total. The monoisotopic (exact) mass is 362 g/mol. The number of anilines is 1. The molecule has 24 heavy (non-hydrogen) atoms. The molecule has 2 aromatic carbocycles. The summed E-state index contributed by atoms with van der Waals surface area (Å²) in [6.45, 7) is 0. The Bertz CT molecular complexity index is 950. The zero-order valence-electron chi connectivity index (χ0n) is 12.3. The van der Waals surface area contributed by atoms with Gasteiger partial charge in [0, 0.05) is 22.2 Å². The Morgan fingerprint density at radius 1 is 1.08 bits per heavy atom. The van der Waals surface area contributed by atoms with Crippen molar-refractivity contribution in [3.8, 4) is 0 Å². The lowest BCUT2D eigenvalue weighted by molar-refractivity contribution is -0.115. The number of halogens is 2. The average molecular weight is 363 g/mol. The van der Waals surface area contributed by atoms with Crippen LogP contribution in [0.2, 0.25) is 10.0 Å². The van der Waals surface area contributed by atoms with E-state index in [0.717, 1.165) is 0 Å². The number of hydrogen-bond acceptors (Lipinski definition) is 2. The maximum Gasteiger partial charge on any atom is 0.352 e. The summed E-state index contributed by atoms with van der Waals surface area (Å²) in [4.78, 5) is 26.6. The van der Waals surface area contributed by atoms with Gasteiger partial charge >= 0.3 is 5.97 Å². The lowest BCUT2D eigenvalue weighted by Gasteiger charge is -2.07. The maximum absolute atomic E-state index is 12.3. The molecule has 122 valence electrons. The van der Waals surface area contributed by atoms with Crippen molar-refractivity contribution in [3.63, 3.8) is 0 Å². The minimum Gasteiger partial charge on any atom is -0.477 e. The van der Waals surface area contributed by atoms with Crippen LogP contribution in [0.3, 0.4) is 0 Å². The molecule has 1 heterocycles. The lowest BCUT2D eigenvalue weighted by atomic mass is 10.1. The zero-order valence-corrected chi connectivity index (χ0v) is 13.8. The van der Waals surface area contributed by atoms with E-state index in [2.05, 4.69) is 10.3 Å². The topological polar surface area (TPSA) is 82.2 Å². The maximum atomic E-state index is 12.3. The number of hydrogen-bond donors (Lipinski definition) is 3. The standard InChI is InChI=1S/C17H12Cl2N2O3/c18-12-6-5-9(7-13(12)19)20-15(22)8-11-10-3-1-2-4-14(10)21-16(11)17(23)24/h1-7,21H,8H2,(H,20,22)(H,23,24). The highest BCUT2D eigenvalue weighted by atomic mass is 35.5. The number of carbonyl (C=O) groups excluding carboxylic acids is 1. The first-order valence-corrected chi connectivity index (χ1v) is 7.79. The van der Waals surface area contributed by atoms with Gasteiger partial charge in [0.05, 0.1) is 16.5 Å². The fraction of sp³-hybridized carbons (Fsp3) is 0.0588. The predicted molar refractivity (Wildman–Crippen MR) is 94.1 cm³/mol. The molecule has 0 aliphatic rings. The molecule has 0 unspecified atom stereocenters. The van der Waals surface area contributed by atoms with Crippen molar-refractivity contribution in [2.75, 3.05) is 5.32 Å². The second-order valence-electron chi connectivity index (χ2n) is 5.18. The number of H-pyrrole nitrogens is 1. The van der Waals surface area contributed by atoms with E-state index in [1.807, 2.05) is 0 Å². The summed E-state index contributed by atoms with van der Waals surface area (Å²) in [5, 5.41) is 13.5. The zero-order chi connectivity index (χ0) is 17.3. The molecule has 0 radical (unpaired) electrons. The molecule has 3 rings (SSSR count). The molecular formula is C17H12Cl2N2O3. The summed E-state index contributed by atoms with van der Waals surface area (Å²) in [6, 6.07) is 11.9. The minimum atomic E-state index is -1.11. The number of benzene rings is 2. The highest BCUT2D eigenvalue weighted by Gasteiger charge is 2.19. The van der Waals surface area contributed by atoms with Gasteiger partial charge in [-0.3, -0.25) is 4.79 Å². The summed E-state index contributed by atoms with van der Waals surface area (Å²) in [5.41, 5.74) is 1.62. The van der Waals surface area contributed by atoms with Gasteiger partial charge in [0.25, 0.3) is 0 Å². The quantitative estimate of drug-likeness (QED) is 0.644. The van der Waals surface area contributed by atoms with Crippen LogP contribution in [0.25, 0.3) is 10.9 Å². The van der Waals surface area contributed by atoms with E-state index in [4.69, 9.17) is 23.2 Å². The molecule has 7 heteroatoms. The van der Waals surface area contributed by atoms with Gasteiger partial charge in [-0.05, 0) is 24.3 Å². The summed E-state index contributed by atoms with van der Waals surface area (Å²) < 4.78 is 0. The second-order valence-corrected chi connectivity index (χ2v) is 6.00. The number of nitrogens with one attached hydrogen (secondary N) is 2. The Kier molecular flexibility index (Phi) is 4.46. The van der Waals surface area contributed by atoms with E-state index in [1.54, 1.807) is 36.4 Å². The summed E-state index contributed by atoms with van der Waals surface area (Å²) in [6.07, 6.45) is -0.0775. The first-order chi connectivity index (χ1) is 11.5. The van der Waals surface area contributed by atoms with Crippen molar-refractivity contribution in [3.05, 3.63) is 63.8 Å². The molecule has 0 saturated carbocycles. The van der Waals surface area contributed by atoms with E-state index in [9.17, 15) is 14.7 Å². The summed E-state index contributed by atoms with van der Waals surface area (Å²) >= 11 is 11.8. The van der Waals surface area contributed by atoms with E-state index in [-0.39, 0.29) is 18.0 Å². The summed E-state index contributed by atoms with van der Waals surface area (Å²) in [5.74, 6) is -1.45. The van der Waals surface area contributed by atoms with Gasteiger partial charge in [-0.15, -0.1) is 0 Å². The second kappa shape index (κ2) is 6.55. The highest BCUT2D eigenvalue weighted by molar-refractivity contribution is 6.42. The van der Waals surface area contributed by atoms with E-state index >= 15 is 0 Å². The van der Waals surface area contributed by atoms with Crippen LogP contribution in [0.15, 0.2) is 42.5 Å². The third-order valence-corrected chi connectivity index (χ3v) is 4.31. The Morgan fingerprint density at radius 3 is 2.54 bits per heavy atom. The normalized spacial score (nSPS) is 10.8. The molecule has 1 aromatic heterocycles. The van der Waals surface area contributed by atoms with Crippen LogP contribution in [0.5, 0.6) is 0 Å². The van der Waals surface area contributed by atoms with Gasteiger partial charge in [0.15, 0.2) is 0 Å². The Balaban J connectivity index is 1.88. The fourth-order valence-corrected chi connectivity index (χ4v) is 2.80. The number of amides is 1. The fourth-order valence-electron chi connectivity index (χ4n) is 2.51. The third-order valence-electron chi connectivity index (χ3n) is 3.57. The molecule has 3 aromatic rings. The molecule has 0 atom stereocenters. The average Bonchev–Trinajstić information content (AvgIpc) is 2.90. The molecule has 0 spiro atoms. The van der Waals surface area contributed by atoms with Crippen LogP contribution in [0.4, 0.5) is 5.69 Å². The molecule has 0 fully saturated rings. The van der Waals surface area contributed by atoms with Gasteiger partial charge in [-0.1, -0.05) is 41.4 Å². The molecule has 0 aliphatic carbocycles. The van der Waals surface area contributed by atoms with Crippen molar-refractivity contribution in [1.29, 1.82) is 0 Å². The number of carboxylic acid groups (broad SMARTS) is 1. The molecule has 1 amide bonds. The van der Waals surface area contributed by atoms with Crippen molar-refractivity contribution in [1.82, 2.24) is 4.98 Å². The van der Waals surface area contributed by atoms with E-state index < -0.39 is 5.97 Å².